The molecule has 4 aliphatic heterocycles. The number of anilines is 1. The molecule has 6 atom stereocenters. The van der Waals surface area contributed by atoms with Gasteiger partial charge < -0.3 is 9.47 Å². The van der Waals surface area contributed by atoms with Crippen LogP contribution in [0.1, 0.15) is 7.43 Å². The van der Waals surface area contributed by atoms with Gasteiger partial charge in [0.1, 0.15) is 12.2 Å². The van der Waals surface area contributed by atoms with Gasteiger partial charge in [0, 0.05) is 0 Å². The van der Waals surface area contributed by atoms with Crippen LogP contribution in [0.15, 0.2) is 18.2 Å². The highest BCUT2D eigenvalue weighted by molar-refractivity contribution is 6.42. The van der Waals surface area contributed by atoms with E-state index in [0.29, 0.717) is 15.7 Å². The van der Waals surface area contributed by atoms with Crippen molar-refractivity contribution in [2.75, 3.05) is 4.90 Å². The number of imide groups is 1. The van der Waals surface area contributed by atoms with Crippen LogP contribution in [0.25, 0.3) is 0 Å². The van der Waals surface area contributed by atoms with E-state index in [2.05, 4.69) is 0 Å². The van der Waals surface area contributed by atoms with Gasteiger partial charge in [-0.15, -0.1) is 0 Å². The van der Waals surface area contributed by atoms with Gasteiger partial charge >= 0.3 is 0 Å². The van der Waals surface area contributed by atoms with Crippen LogP contribution in [-0.4, -0.2) is 36.2 Å². The van der Waals surface area contributed by atoms with Gasteiger partial charge in [0.25, 0.3) is 0 Å². The Kier molecular flexibility index (Phi) is 2.92. The van der Waals surface area contributed by atoms with Crippen molar-refractivity contribution in [2.24, 2.45) is 11.8 Å². The summed E-state index contributed by atoms with van der Waals surface area (Å²) in [7, 11) is 0. The molecule has 0 aromatic heterocycles. The highest BCUT2D eigenvalue weighted by Crippen LogP contribution is 2.57. The molecule has 0 aliphatic carbocycles. The number of halogens is 2. The van der Waals surface area contributed by atoms with Crippen LogP contribution in [0.4, 0.5) is 5.69 Å². The third-order valence-electron chi connectivity index (χ3n) is 4.79. The van der Waals surface area contributed by atoms with E-state index in [1.165, 1.54) is 4.90 Å². The zero-order valence-electron chi connectivity index (χ0n) is 10.5. The summed E-state index contributed by atoms with van der Waals surface area (Å²) in [6.45, 7) is 0. The lowest BCUT2D eigenvalue weighted by Crippen LogP contribution is -2.35. The molecule has 0 radical (unpaired) electrons. The lowest BCUT2D eigenvalue weighted by atomic mass is 9.81. The zero-order valence-corrected chi connectivity index (χ0v) is 12.0. The number of amides is 2. The highest BCUT2D eigenvalue weighted by atomic mass is 35.5. The molecule has 1 aromatic rings. The molecule has 4 aliphatic rings. The number of benzene rings is 1. The van der Waals surface area contributed by atoms with Gasteiger partial charge in [-0.05, 0) is 18.2 Å². The Labute approximate surface area is 137 Å². The van der Waals surface area contributed by atoms with Crippen LogP contribution < -0.4 is 4.90 Å². The summed E-state index contributed by atoms with van der Waals surface area (Å²) in [5, 5.41) is 0.704. The Hall–Kier alpha value is -1.14. The maximum atomic E-state index is 12.6. The lowest BCUT2D eigenvalue weighted by molar-refractivity contribution is -0.126. The van der Waals surface area contributed by atoms with E-state index in [0.717, 1.165) is 0 Å². The summed E-state index contributed by atoms with van der Waals surface area (Å²) >= 11 is 11.9. The second kappa shape index (κ2) is 4.45. The standard InChI is InChI=1S/C14H9Cl2NO4.CH4/c15-5-2-1-4(3-6(5)16)17-13(18)7-8(14(17)19)10-12-11(21-12)9(7)20-10;/h1-3,7-12H;1H4/t7-,8?,9?,10?,11-,12+;/m0./s1. The van der Waals surface area contributed by atoms with Crippen LogP contribution in [-0.2, 0) is 19.1 Å². The second-order valence-corrected chi connectivity index (χ2v) is 6.61. The molecular formula is C15H13Cl2NO4. The Morgan fingerprint density at radius 1 is 0.864 bits per heavy atom. The summed E-state index contributed by atoms with van der Waals surface area (Å²) in [6.07, 6.45) is -0.591. The molecule has 0 saturated carbocycles. The fraction of sp³-hybridized carbons (Fsp3) is 0.467. The van der Waals surface area contributed by atoms with Crippen LogP contribution in [0.3, 0.4) is 0 Å². The molecule has 5 nitrogen and oxygen atoms in total. The van der Waals surface area contributed by atoms with Gasteiger partial charge in [0.2, 0.25) is 11.8 Å². The van der Waals surface area contributed by atoms with Crippen LogP contribution in [0, 0.1) is 11.8 Å². The molecule has 0 spiro atoms. The van der Waals surface area contributed by atoms with E-state index >= 15 is 0 Å². The van der Waals surface area contributed by atoms with Crippen molar-refractivity contribution in [2.45, 2.75) is 31.8 Å². The first-order valence-electron chi connectivity index (χ1n) is 6.72. The highest BCUT2D eigenvalue weighted by Gasteiger charge is 2.75. The van der Waals surface area contributed by atoms with Crippen molar-refractivity contribution < 1.29 is 19.1 Å². The molecule has 4 saturated heterocycles. The molecule has 2 amide bonds. The number of nitrogens with zero attached hydrogens (tertiary/aromatic N) is 1. The van der Waals surface area contributed by atoms with Crippen molar-refractivity contribution in [1.82, 2.24) is 0 Å². The van der Waals surface area contributed by atoms with E-state index in [4.69, 9.17) is 32.7 Å². The Morgan fingerprint density at radius 3 is 1.95 bits per heavy atom. The number of rotatable bonds is 1. The van der Waals surface area contributed by atoms with Crippen molar-refractivity contribution >= 4 is 40.7 Å². The number of ether oxygens (including phenoxy) is 2. The molecule has 7 heteroatoms. The Balaban J connectivity index is 0.00000125. The number of epoxide rings is 1. The first kappa shape index (κ1) is 14.5. The Bertz CT molecular complexity index is 677. The van der Waals surface area contributed by atoms with Crippen molar-refractivity contribution in [3.8, 4) is 0 Å². The van der Waals surface area contributed by atoms with Gasteiger partial charge in [-0.3, -0.25) is 9.59 Å². The average Bonchev–Trinajstić information content (AvgIpc) is 2.97. The number of carbonyl (C=O) groups is 2. The smallest absolute Gasteiger partial charge is 0.240 e. The molecule has 22 heavy (non-hydrogen) atoms. The topological polar surface area (TPSA) is 59.1 Å². The van der Waals surface area contributed by atoms with E-state index in [1.807, 2.05) is 0 Å². The minimum absolute atomic E-state index is 0. The van der Waals surface area contributed by atoms with E-state index in [1.54, 1.807) is 18.2 Å². The third kappa shape index (κ3) is 1.57. The molecule has 4 fully saturated rings. The minimum Gasteiger partial charge on any atom is -0.368 e. The SMILES string of the molecule is C.O=C1C2C3OC([C@H]2C(=O)N1c1ccc(Cl)c(Cl)c1)[C@@H]1O[C@H]31. The minimum atomic E-state index is -0.430. The normalized spacial score (nSPS) is 40.5. The third-order valence-corrected chi connectivity index (χ3v) is 5.53. The maximum absolute atomic E-state index is 12.6. The molecule has 5 rings (SSSR count). The van der Waals surface area contributed by atoms with Gasteiger partial charge in [0.05, 0.1) is 39.8 Å². The number of carbonyl (C=O) groups excluding carboxylic acids is 2. The molecule has 3 unspecified atom stereocenters. The lowest BCUT2D eigenvalue weighted by Gasteiger charge is -2.18. The van der Waals surface area contributed by atoms with Crippen LogP contribution >= 0.6 is 23.2 Å². The fourth-order valence-corrected chi connectivity index (χ4v) is 4.15. The fourth-order valence-electron chi connectivity index (χ4n) is 3.86. The maximum Gasteiger partial charge on any atom is 0.240 e. The second-order valence-electron chi connectivity index (χ2n) is 5.79. The number of hydrogen-bond donors (Lipinski definition) is 0. The molecule has 1 aromatic carbocycles. The first-order valence-corrected chi connectivity index (χ1v) is 7.47. The molecule has 116 valence electrons. The average molecular weight is 342 g/mol. The van der Waals surface area contributed by atoms with Gasteiger partial charge in [-0.2, -0.15) is 0 Å². The monoisotopic (exact) mass is 341 g/mol. The van der Waals surface area contributed by atoms with E-state index in [9.17, 15) is 9.59 Å². The first-order chi connectivity index (χ1) is 10.1. The Morgan fingerprint density at radius 2 is 1.41 bits per heavy atom. The summed E-state index contributed by atoms with van der Waals surface area (Å²) in [6, 6.07) is 4.76. The van der Waals surface area contributed by atoms with E-state index in [-0.39, 0.29) is 43.7 Å². The van der Waals surface area contributed by atoms with Crippen molar-refractivity contribution in [3.05, 3.63) is 28.2 Å². The largest absolute Gasteiger partial charge is 0.368 e. The van der Waals surface area contributed by atoms with E-state index < -0.39 is 11.8 Å². The number of hydrogen-bond acceptors (Lipinski definition) is 4. The summed E-state index contributed by atoms with van der Waals surface area (Å²) in [4.78, 5) is 26.5. The van der Waals surface area contributed by atoms with Crippen molar-refractivity contribution in [1.29, 1.82) is 0 Å². The molecule has 2 bridgehead atoms. The van der Waals surface area contributed by atoms with Crippen molar-refractivity contribution in [3.63, 3.8) is 0 Å². The summed E-state index contributed by atoms with van der Waals surface area (Å²) < 4.78 is 11.2. The van der Waals surface area contributed by atoms with Gasteiger partial charge in [-0.1, -0.05) is 30.6 Å². The molecule has 0 N–H and O–H groups in total. The van der Waals surface area contributed by atoms with Crippen LogP contribution in [0.2, 0.25) is 10.0 Å². The quantitative estimate of drug-likeness (QED) is 0.580. The molecular weight excluding hydrogens is 329 g/mol. The predicted octanol–water partition coefficient (Wildman–Crippen LogP) is 2.28. The van der Waals surface area contributed by atoms with Gasteiger partial charge in [-0.25, -0.2) is 4.90 Å². The summed E-state index contributed by atoms with van der Waals surface area (Å²) in [5.74, 6) is -1.32. The zero-order chi connectivity index (χ0) is 14.5. The summed E-state index contributed by atoms with van der Waals surface area (Å²) in [5.41, 5.74) is 0.461. The molecule has 4 heterocycles. The van der Waals surface area contributed by atoms with Crippen LogP contribution in [0.5, 0.6) is 0 Å². The predicted molar refractivity (Wildman–Crippen MR) is 80.0 cm³/mol. The van der Waals surface area contributed by atoms with Gasteiger partial charge in [0.15, 0.2) is 0 Å². The number of fused-ring (bicyclic) bond motifs is 8.